The molecule has 0 rings (SSSR count). The topological polar surface area (TPSA) is 0 Å². The highest BCUT2D eigenvalue weighted by molar-refractivity contribution is 4.62. The van der Waals surface area contributed by atoms with Crippen LogP contribution in [-0.2, 0) is 0 Å². The van der Waals surface area contributed by atoms with E-state index in [1.165, 1.54) is 173 Å². The van der Waals surface area contributed by atoms with Gasteiger partial charge in [-0.25, -0.2) is 0 Å². The Bertz CT molecular complexity index is 307. The van der Waals surface area contributed by atoms with E-state index in [-0.39, 0.29) is 0 Å². The van der Waals surface area contributed by atoms with Crippen LogP contribution in [-0.4, -0.2) is 0 Å². The Morgan fingerprint density at radius 2 is 0.594 bits per heavy atom. The van der Waals surface area contributed by atoms with E-state index in [1.807, 2.05) is 0 Å². The zero-order chi connectivity index (χ0) is 23.4. The van der Waals surface area contributed by atoms with Crippen molar-refractivity contribution >= 4 is 0 Å². The van der Waals surface area contributed by atoms with E-state index in [4.69, 9.17) is 0 Å². The molecule has 0 nitrogen and oxygen atoms in total. The van der Waals surface area contributed by atoms with Crippen LogP contribution in [0.2, 0.25) is 0 Å². The Kier molecular flexibility index (Phi) is 29.0. The van der Waals surface area contributed by atoms with Crippen LogP contribution in [0.25, 0.3) is 0 Å². The molecule has 1 unspecified atom stereocenters. The Hall–Kier alpha value is 0. The van der Waals surface area contributed by atoms with Gasteiger partial charge in [0.15, 0.2) is 0 Å². The predicted molar refractivity (Wildman–Crippen MR) is 149 cm³/mol. The van der Waals surface area contributed by atoms with Gasteiger partial charge in [0.2, 0.25) is 0 Å². The maximum Gasteiger partial charge on any atom is -0.0414 e. The van der Waals surface area contributed by atoms with E-state index in [2.05, 4.69) is 20.8 Å². The third-order valence-corrected chi connectivity index (χ3v) is 7.54. The van der Waals surface area contributed by atoms with Crippen LogP contribution in [0.3, 0.4) is 0 Å². The Morgan fingerprint density at radius 1 is 0.344 bits per heavy atom. The van der Waals surface area contributed by atoms with Gasteiger partial charge in [-0.3, -0.25) is 0 Å². The second-order valence-electron chi connectivity index (χ2n) is 10.9. The van der Waals surface area contributed by atoms with Gasteiger partial charge >= 0.3 is 0 Å². The molecule has 0 amide bonds. The molecular formula is C32H65. The minimum Gasteiger partial charge on any atom is -0.0654 e. The summed E-state index contributed by atoms with van der Waals surface area (Å²) >= 11 is 0. The lowest BCUT2D eigenvalue weighted by Gasteiger charge is -2.17. The third kappa shape index (κ3) is 26.3. The van der Waals surface area contributed by atoms with Crippen LogP contribution < -0.4 is 0 Å². The Balaban J connectivity index is 3.67. The van der Waals surface area contributed by atoms with Gasteiger partial charge in [0.25, 0.3) is 0 Å². The molecule has 0 spiro atoms. The second kappa shape index (κ2) is 29.0. The molecule has 1 atom stereocenters. The number of rotatable bonds is 28. The molecule has 0 aromatic heterocycles. The molecule has 0 aromatic carbocycles. The molecule has 0 aromatic rings. The number of unbranched alkanes of at least 4 members (excludes halogenated alkanes) is 22. The lowest BCUT2D eigenvalue weighted by Crippen LogP contribution is -2.01. The fraction of sp³-hybridized carbons (Fsp3) is 0.969. The van der Waals surface area contributed by atoms with E-state index in [0.29, 0.717) is 0 Å². The van der Waals surface area contributed by atoms with Crippen LogP contribution in [0.5, 0.6) is 0 Å². The van der Waals surface area contributed by atoms with Crippen molar-refractivity contribution in [3.05, 3.63) is 6.92 Å². The maximum atomic E-state index is 4.02. The maximum absolute atomic E-state index is 4.02. The van der Waals surface area contributed by atoms with E-state index in [0.717, 1.165) is 12.3 Å². The quantitative estimate of drug-likeness (QED) is 0.104. The van der Waals surface area contributed by atoms with Gasteiger partial charge in [-0.2, -0.15) is 0 Å². The van der Waals surface area contributed by atoms with E-state index in [1.54, 1.807) is 0 Å². The van der Waals surface area contributed by atoms with Crippen LogP contribution in [0.4, 0.5) is 0 Å². The van der Waals surface area contributed by atoms with Gasteiger partial charge in [0, 0.05) is 0 Å². The minimum atomic E-state index is 1.02. The SMILES string of the molecule is [CH2]CCCCCC(CCCCCCCCCCCC)CCCCCCCCCCCCC. The first-order valence-electron chi connectivity index (χ1n) is 15.6. The molecule has 1 radical (unpaired) electrons. The molecule has 0 saturated heterocycles. The van der Waals surface area contributed by atoms with Gasteiger partial charge < -0.3 is 0 Å². The van der Waals surface area contributed by atoms with Crippen LogP contribution in [0.1, 0.15) is 194 Å². The summed E-state index contributed by atoms with van der Waals surface area (Å²) in [6.45, 7) is 8.64. The lowest BCUT2D eigenvalue weighted by atomic mass is 9.89. The van der Waals surface area contributed by atoms with Crippen LogP contribution in [0.15, 0.2) is 0 Å². The Morgan fingerprint density at radius 3 is 0.875 bits per heavy atom. The fourth-order valence-electron chi connectivity index (χ4n) is 5.24. The van der Waals surface area contributed by atoms with Gasteiger partial charge in [0.05, 0.1) is 0 Å². The first-order valence-corrected chi connectivity index (χ1v) is 15.6. The van der Waals surface area contributed by atoms with Gasteiger partial charge in [-0.05, 0) is 5.92 Å². The van der Waals surface area contributed by atoms with Crippen LogP contribution in [0, 0.1) is 12.8 Å². The second-order valence-corrected chi connectivity index (χ2v) is 10.9. The molecule has 0 saturated carbocycles. The monoisotopic (exact) mass is 450 g/mol. The normalized spacial score (nSPS) is 12.5. The van der Waals surface area contributed by atoms with Crippen molar-refractivity contribution < 1.29 is 0 Å². The molecule has 0 aliphatic carbocycles. The molecule has 32 heavy (non-hydrogen) atoms. The summed E-state index contributed by atoms with van der Waals surface area (Å²) in [5.74, 6) is 1.02. The zero-order valence-corrected chi connectivity index (χ0v) is 23.1. The Labute approximate surface area is 206 Å². The minimum absolute atomic E-state index is 1.02. The summed E-state index contributed by atoms with van der Waals surface area (Å²) in [5, 5.41) is 0. The van der Waals surface area contributed by atoms with Crippen molar-refractivity contribution in [1.82, 2.24) is 0 Å². The highest BCUT2D eigenvalue weighted by Gasteiger charge is 2.08. The average Bonchev–Trinajstić information content (AvgIpc) is 2.80. The highest BCUT2D eigenvalue weighted by atomic mass is 14.1. The molecule has 0 heterocycles. The summed E-state index contributed by atoms with van der Waals surface area (Å²) in [4.78, 5) is 0. The van der Waals surface area contributed by atoms with Crippen molar-refractivity contribution in [1.29, 1.82) is 0 Å². The molecule has 0 fully saturated rings. The van der Waals surface area contributed by atoms with Crippen molar-refractivity contribution in [2.45, 2.75) is 194 Å². The average molecular weight is 450 g/mol. The van der Waals surface area contributed by atoms with Crippen molar-refractivity contribution in [3.63, 3.8) is 0 Å². The first-order chi connectivity index (χ1) is 15.8. The summed E-state index contributed by atoms with van der Waals surface area (Å²) in [6, 6.07) is 0. The van der Waals surface area contributed by atoms with E-state index in [9.17, 15) is 0 Å². The van der Waals surface area contributed by atoms with Crippen molar-refractivity contribution in [3.8, 4) is 0 Å². The lowest BCUT2D eigenvalue weighted by molar-refractivity contribution is 0.366. The summed E-state index contributed by atoms with van der Waals surface area (Å²) < 4.78 is 0. The third-order valence-electron chi connectivity index (χ3n) is 7.54. The molecular weight excluding hydrogens is 384 g/mol. The van der Waals surface area contributed by atoms with Gasteiger partial charge in [-0.15, -0.1) is 0 Å². The number of hydrogen-bond acceptors (Lipinski definition) is 0. The van der Waals surface area contributed by atoms with E-state index >= 15 is 0 Å². The molecule has 0 bridgehead atoms. The summed E-state index contributed by atoms with van der Waals surface area (Å²) in [5.41, 5.74) is 0. The highest BCUT2D eigenvalue weighted by Crippen LogP contribution is 2.24. The smallest absolute Gasteiger partial charge is 0.0414 e. The fourth-order valence-corrected chi connectivity index (χ4v) is 5.24. The molecule has 193 valence electrons. The summed E-state index contributed by atoms with van der Waals surface area (Å²) in [7, 11) is 0. The van der Waals surface area contributed by atoms with Crippen LogP contribution >= 0.6 is 0 Å². The molecule has 0 aliphatic rings. The molecule has 0 N–H and O–H groups in total. The first kappa shape index (κ1) is 32.0. The van der Waals surface area contributed by atoms with Gasteiger partial charge in [0.1, 0.15) is 0 Å². The van der Waals surface area contributed by atoms with E-state index < -0.39 is 0 Å². The number of hydrogen-bond donors (Lipinski definition) is 0. The predicted octanol–water partition coefficient (Wildman–Crippen LogP) is 12.4. The molecule has 0 heteroatoms. The molecule has 0 aliphatic heterocycles. The van der Waals surface area contributed by atoms with Crippen molar-refractivity contribution in [2.24, 2.45) is 5.92 Å². The van der Waals surface area contributed by atoms with Gasteiger partial charge in [-0.1, -0.05) is 201 Å². The standard InChI is InChI=1S/C32H65/c1-4-7-10-13-15-17-19-21-23-25-28-31-32(29-26-12-9-6-3)30-27-24-22-20-18-16-14-11-8-5-2/h32H,3-31H2,1-2H3. The summed E-state index contributed by atoms with van der Waals surface area (Å²) in [6.07, 6.45) is 40.7. The van der Waals surface area contributed by atoms with Crippen molar-refractivity contribution in [2.75, 3.05) is 0 Å². The zero-order valence-electron chi connectivity index (χ0n) is 23.1. The largest absolute Gasteiger partial charge is 0.0654 e.